The predicted molar refractivity (Wildman–Crippen MR) is 121 cm³/mol. The number of esters is 1. The zero-order valence-electron chi connectivity index (χ0n) is 18.9. The van der Waals surface area contributed by atoms with E-state index in [9.17, 15) is 4.79 Å². The quantitative estimate of drug-likeness (QED) is 0.234. The van der Waals surface area contributed by atoms with Crippen molar-refractivity contribution in [3.05, 3.63) is 23.6 Å². The van der Waals surface area contributed by atoms with E-state index in [-0.39, 0.29) is 5.97 Å². The van der Waals surface area contributed by atoms with Crippen LogP contribution in [0.5, 0.6) is 0 Å². The molecule has 0 spiro atoms. The summed E-state index contributed by atoms with van der Waals surface area (Å²) in [6.07, 6.45) is 13.1. The van der Waals surface area contributed by atoms with Crippen molar-refractivity contribution in [1.82, 2.24) is 4.98 Å². The van der Waals surface area contributed by atoms with E-state index in [1.165, 1.54) is 67.8 Å². The first-order chi connectivity index (χ1) is 14.0. The molecule has 160 valence electrons. The molecule has 0 aliphatic heterocycles. The Morgan fingerprint density at radius 3 is 2.17 bits per heavy atom. The first kappa shape index (κ1) is 24.2. The van der Waals surface area contributed by atoms with Crippen molar-refractivity contribution in [2.24, 2.45) is 0 Å². The number of nitrogens with zero attached hydrogens (tertiary/aromatic N) is 1. The van der Waals surface area contributed by atoms with E-state index in [4.69, 9.17) is 9.15 Å². The van der Waals surface area contributed by atoms with Crippen LogP contribution in [0.1, 0.15) is 101 Å². The monoisotopic (exact) mass is 507 g/mol. The SMILES string of the molecule is CCCC[C](CCCC)(CCCC)[Sn][c]1cc(C)c(C(=O)OCC)c2ocnc12. The average molecular weight is 506 g/mol. The molecule has 0 N–H and O–H groups in total. The van der Waals surface area contributed by atoms with Crippen LogP contribution in [0.25, 0.3) is 11.1 Å². The third-order valence-electron chi connectivity index (χ3n) is 5.71. The number of carbonyl (C=O) groups excluding carboxylic acids is 1. The number of oxazole rings is 1. The van der Waals surface area contributed by atoms with Gasteiger partial charge in [0.2, 0.25) is 0 Å². The number of rotatable bonds is 13. The molecule has 0 bridgehead atoms. The van der Waals surface area contributed by atoms with Crippen molar-refractivity contribution in [3.63, 3.8) is 0 Å². The summed E-state index contributed by atoms with van der Waals surface area (Å²) in [5.74, 6) is -0.307. The Bertz CT molecular complexity index is 762. The summed E-state index contributed by atoms with van der Waals surface area (Å²) in [6.45, 7) is 11.1. The molecule has 2 radical (unpaired) electrons. The standard InChI is InChI=1S/C13H27.C11H10NO3.Sn/c1-4-7-10-13(11-8-5-2)12-9-6-3;1-3-14-11(13)9-7(2)4-5-8-10(9)15-6-12-8;/h4-12H2,1-3H3;4,6H,3H2,1-2H3;. The molecule has 2 aromatic rings. The molecular formula is C24H37NO3Sn. The van der Waals surface area contributed by atoms with Crippen molar-refractivity contribution in [3.8, 4) is 0 Å². The number of unbranched alkanes of at least 4 members (excludes halogenated alkanes) is 3. The van der Waals surface area contributed by atoms with Crippen molar-refractivity contribution >= 4 is 41.8 Å². The van der Waals surface area contributed by atoms with E-state index >= 15 is 0 Å². The van der Waals surface area contributed by atoms with Gasteiger partial charge in [-0.2, -0.15) is 0 Å². The molecule has 1 aromatic heterocycles. The van der Waals surface area contributed by atoms with Gasteiger partial charge >= 0.3 is 187 Å². The molecule has 0 aliphatic rings. The fraction of sp³-hybridized carbons (Fsp3) is 0.667. The number of aryl methyl sites for hydroxylation is 1. The van der Waals surface area contributed by atoms with Crippen molar-refractivity contribution in [2.75, 3.05) is 6.61 Å². The summed E-state index contributed by atoms with van der Waals surface area (Å²) in [4.78, 5) is 17.1. The molecule has 2 rings (SSSR count). The molecule has 0 fully saturated rings. The summed E-state index contributed by atoms with van der Waals surface area (Å²) in [6, 6.07) is 2.22. The Balaban J connectivity index is 2.48. The predicted octanol–water partition coefficient (Wildman–Crippen LogP) is 6.37. The van der Waals surface area contributed by atoms with Crippen LogP contribution >= 0.6 is 0 Å². The van der Waals surface area contributed by atoms with Crippen LogP contribution in [-0.2, 0) is 4.74 Å². The van der Waals surface area contributed by atoms with Gasteiger partial charge in [0.25, 0.3) is 0 Å². The molecule has 0 saturated heterocycles. The van der Waals surface area contributed by atoms with Gasteiger partial charge in [0.15, 0.2) is 0 Å². The molecule has 0 saturated carbocycles. The normalized spacial score (nSPS) is 11.9. The Kier molecular flexibility index (Phi) is 10.0. The maximum absolute atomic E-state index is 12.5. The summed E-state index contributed by atoms with van der Waals surface area (Å²) >= 11 is -0.966. The average Bonchev–Trinajstić information content (AvgIpc) is 3.18. The van der Waals surface area contributed by atoms with Crippen LogP contribution < -0.4 is 3.58 Å². The summed E-state index contributed by atoms with van der Waals surface area (Å²) in [7, 11) is 0. The molecule has 29 heavy (non-hydrogen) atoms. The van der Waals surface area contributed by atoms with Gasteiger partial charge in [-0.05, 0) is 0 Å². The Hall–Kier alpha value is -1.04. The van der Waals surface area contributed by atoms with E-state index < -0.39 is 21.1 Å². The molecule has 5 heteroatoms. The molecule has 1 heterocycles. The van der Waals surface area contributed by atoms with Gasteiger partial charge in [0, 0.05) is 0 Å². The third kappa shape index (κ3) is 6.22. The fourth-order valence-electron chi connectivity index (χ4n) is 4.10. The van der Waals surface area contributed by atoms with Gasteiger partial charge in [-0.3, -0.25) is 0 Å². The van der Waals surface area contributed by atoms with Gasteiger partial charge in [-0.15, -0.1) is 0 Å². The number of hydrogen-bond acceptors (Lipinski definition) is 4. The van der Waals surface area contributed by atoms with Crippen LogP contribution in [0.4, 0.5) is 0 Å². The van der Waals surface area contributed by atoms with Crippen molar-refractivity contribution in [2.45, 2.75) is 95.8 Å². The third-order valence-corrected chi connectivity index (χ3v) is 11.2. The van der Waals surface area contributed by atoms with Gasteiger partial charge in [-0.1, -0.05) is 0 Å². The maximum atomic E-state index is 12.5. The first-order valence-corrected chi connectivity index (χ1v) is 14.2. The minimum absolute atomic E-state index is 0.307. The van der Waals surface area contributed by atoms with Crippen molar-refractivity contribution < 1.29 is 13.9 Å². The second-order valence-corrected chi connectivity index (χ2v) is 13.4. The van der Waals surface area contributed by atoms with Crippen LogP contribution in [0.15, 0.2) is 16.9 Å². The topological polar surface area (TPSA) is 52.3 Å². The first-order valence-electron chi connectivity index (χ1n) is 11.3. The van der Waals surface area contributed by atoms with E-state index in [0.29, 0.717) is 21.2 Å². The van der Waals surface area contributed by atoms with E-state index in [0.717, 1.165) is 11.1 Å². The van der Waals surface area contributed by atoms with Gasteiger partial charge in [-0.25, -0.2) is 0 Å². The Labute approximate surface area is 186 Å². The van der Waals surface area contributed by atoms with Gasteiger partial charge in [0.05, 0.1) is 0 Å². The Morgan fingerprint density at radius 1 is 1.07 bits per heavy atom. The molecule has 0 unspecified atom stereocenters. The summed E-state index contributed by atoms with van der Waals surface area (Å²) in [5, 5.41) is 0. The minimum atomic E-state index is -0.966. The van der Waals surface area contributed by atoms with Crippen molar-refractivity contribution in [1.29, 1.82) is 0 Å². The van der Waals surface area contributed by atoms with E-state index in [1.54, 1.807) is 0 Å². The van der Waals surface area contributed by atoms with Crippen LogP contribution in [0.2, 0.25) is 3.43 Å². The molecule has 0 atom stereocenters. The number of carbonyl (C=O) groups is 1. The molecule has 4 nitrogen and oxygen atoms in total. The number of benzene rings is 1. The second kappa shape index (κ2) is 12.0. The van der Waals surface area contributed by atoms with Crippen LogP contribution in [0, 0.1) is 6.92 Å². The van der Waals surface area contributed by atoms with E-state index in [1.807, 2.05) is 13.8 Å². The summed E-state index contributed by atoms with van der Waals surface area (Å²) in [5.41, 5.74) is 3.02. The van der Waals surface area contributed by atoms with Crippen LogP contribution in [0.3, 0.4) is 0 Å². The zero-order chi connectivity index (χ0) is 21.3. The zero-order valence-corrected chi connectivity index (χ0v) is 21.8. The molecule has 0 amide bonds. The number of fused-ring (bicyclic) bond motifs is 1. The number of aromatic nitrogens is 1. The molecule has 1 aromatic carbocycles. The van der Waals surface area contributed by atoms with Gasteiger partial charge in [0.1, 0.15) is 0 Å². The molecule has 0 aliphatic carbocycles. The second-order valence-electron chi connectivity index (χ2n) is 8.08. The number of ether oxygens (including phenoxy) is 1. The number of hydrogen-bond donors (Lipinski definition) is 0. The van der Waals surface area contributed by atoms with Crippen LogP contribution in [-0.4, -0.2) is 38.7 Å². The fourth-order valence-corrected chi connectivity index (χ4v) is 9.98. The van der Waals surface area contributed by atoms with E-state index in [2.05, 4.69) is 31.8 Å². The van der Waals surface area contributed by atoms with Gasteiger partial charge < -0.3 is 0 Å². The Morgan fingerprint density at radius 2 is 1.66 bits per heavy atom. The summed E-state index contributed by atoms with van der Waals surface area (Å²) < 4.78 is 12.8. The molecular weight excluding hydrogens is 469 g/mol.